The maximum absolute atomic E-state index is 4.59. The van der Waals surface area contributed by atoms with Crippen molar-refractivity contribution < 1.29 is 0 Å². The molecule has 0 aliphatic heterocycles. The molecule has 6 rings (SSSR count). The largest absolute Gasteiger partial charge is 0.236 e. The van der Waals surface area contributed by atoms with E-state index in [4.69, 9.17) is 0 Å². The number of hydrogen-bond acceptors (Lipinski definition) is 4. The summed E-state index contributed by atoms with van der Waals surface area (Å²) in [4.78, 5) is 10.4. The Balaban J connectivity index is 1.48. The fourth-order valence-electron chi connectivity index (χ4n) is 3.66. The van der Waals surface area contributed by atoms with Gasteiger partial charge in [-0.2, -0.15) is 0 Å². The number of thiophene rings is 2. The van der Waals surface area contributed by atoms with Gasteiger partial charge in [0.1, 0.15) is 0 Å². The molecule has 0 N–H and O–H groups in total. The Morgan fingerprint density at radius 1 is 0.643 bits per heavy atom. The van der Waals surface area contributed by atoms with Gasteiger partial charge in [0, 0.05) is 48.6 Å². The van der Waals surface area contributed by atoms with Crippen molar-refractivity contribution in [3.8, 4) is 21.8 Å². The minimum atomic E-state index is 0.760. The normalized spacial score (nSPS) is 11.6. The molecule has 0 spiro atoms. The quantitative estimate of drug-likeness (QED) is 0.306. The molecule has 3 heterocycles. The van der Waals surface area contributed by atoms with E-state index in [-0.39, 0.29) is 0 Å². The monoisotopic (exact) mass is 394 g/mol. The van der Waals surface area contributed by atoms with Crippen LogP contribution in [0.1, 0.15) is 0 Å². The van der Waals surface area contributed by atoms with E-state index < -0.39 is 0 Å². The molecule has 3 aromatic heterocycles. The maximum Gasteiger partial charge on any atom is 0.159 e. The van der Waals surface area contributed by atoms with E-state index in [0.29, 0.717) is 0 Å². The molecule has 0 saturated heterocycles. The lowest BCUT2D eigenvalue weighted by Crippen LogP contribution is -1.88. The summed E-state index contributed by atoms with van der Waals surface area (Å²) in [6.45, 7) is 0. The lowest BCUT2D eigenvalue weighted by molar-refractivity contribution is 1.18. The number of benzene rings is 3. The lowest BCUT2D eigenvalue weighted by atomic mass is 10.1. The summed E-state index contributed by atoms with van der Waals surface area (Å²) in [5.41, 5.74) is 2.10. The molecule has 0 radical (unpaired) electrons. The second-order valence-electron chi connectivity index (χ2n) is 6.76. The first-order valence-electron chi connectivity index (χ1n) is 9.07. The van der Waals surface area contributed by atoms with Crippen molar-refractivity contribution in [2.45, 2.75) is 0 Å². The zero-order valence-corrected chi connectivity index (χ0v) is 16.4. The van der Waals surface area contributed by atoms with E-state index in [1.807, 2.05) is 65.4 Å². The molecule has 0 unspecified atom stereocenters. The van der Waals surface area contributed by atoms with Crippen LogP contribution in [0.2, 0.25) is 0 Å². The van der Waals surface area contributed by atoms with E-state index in [0.717, 1.165) is 17.0 Å². The van der Waals surface area contributed by atoms with Crippen LogP contribution in [0.3, 0.4) is 0 Å². The summed E-state index contributed by atoms with van der Waals surface area (Å²) >= 11 is 3.63. The van der Waals surface area contributed by atoms with Gasteiger partial charge in [0.2, 0.25) is 0 Å². The van der Waals surface area contributed by atoms with E-state index in [2.05, 4.69) is 51.7 Å². The zero-order chi connectivity index (χ0) is 18.5. The van der Waals surface area contributed by atoms with Crippen LogP contribution in [-0.4, -0.2) is 9.97 Å². The van der Waals surface area contributed by atoms with Gasteiger partial charge in [-0.15, -0.1) is 22.7 Å². The minimum absolute atomic E-state index is 0.760. The highest BCUT2D eigenvalue weighted by Crippen LogP contribution is 2.40. The van der Waals surface area contributed by atoms with Gasteiger partial charge < -0.3 is 0 Å². The first kappa shape index (κ1) is 15.9. The first-order chi connectivity index (χ1) is 13.9. The van der Waals surface area contributed by atoms with Gasteiger partial charge in [0.15, 0.2) is 5.82 Å². The summed E-state index contributed by atoms with van der Waals surface area (Å²) in [6, 6.07) is 23.5. The smallest absolute Gasteiger partial charge is 0.159 e. The Bertz CT molecular complexity index is 1440. The Labute approximate surface area is 169 Å². The molecule has 132 valence electrons. The molecule has 4 heteroatoms. The summed E-state index contributed by atoms with van der Waals surface area (Å²) < 4.78 is 2.69. The molecule has 3 aromatic carbocycles. The Morgan fingerprint density at radius 3 is 2.21 bits per heavy atom. The van der Waals surface area contributed by atoms with Crippen molar-refractivity contribution in [3.05, 3.63) is 84.5 Å². The molecule has 6 aromatic rings. The third-order valence-electron chi connectivity index (χ3n) is 5.06. The molecule has 0 bridgehead atoms. The molecule has 2 nitrogen and oxygen atoms in total. The molecule has 0 atom stereocenters. The molecule has 0 amide bonds. The number of nitrogens with zero attached hydrogens (tertiary/aromatic N) is 2. The second kappa shape index (κ2) is 6.23. The van der Waals surface area contributed by atoms with Crippen LogP contribution in [0, 0.1) is 0 Å². The van der Waals surface area contributed by atoms with Crippen LogP contribution < -0.4 is 0 Å². The predicted octanol–water partition coefficient (Wildman–Crippen LogP) is 7.39. The average molecular weight is 395 g/mol. The summed E-state index contributed by atoms with van der Waals surface area (Å²) in [6.07, 6.45) is 3.86. The second-order valence-corrected chi connectivity index (χ2v) is 8.72. The van der Waals surface area contributed by atoms with Crippen molar-refractivity contribution >= 4 is 53.6 Å². The van der Waals surface area contributed by atoms with Crippen molar-refractivity contribution in [1.82, 2.24) is 9.97 Å². The predicted molar refractivity (Wildman–Crippen MR) is 121 cm³/mol. The molecule has 0 fully saturated rings. The van der Waals surface area contributed by atoms with Crippen molar-refractivity contribution in [1.29, 1.82) is 0 Å². The van der Waals surface area contributed by atoms with Crippen LogP contribution in [-0.2, 0) is 0 Å². The first-order valence-corrected chi connectivity index (χ1v) is 10.8. The van der Waals surface area contributed by atoms with Gasteiger partial charge in [0.25, 0.3) is 0 Å². The highest BCUT2D eigenvalue weighted by molar-refractivity contribution is 7.23. The highest BCUT2D eigenvalue weighted by Gasteiger charge is 2.11. The molecule has 0 aliphatic carbocycles. The third kappa shape index (κ3) is 2.46. The fourth-order valence-corrected chi connectivity index (χ4v) is 5.75. The van der Waals surface area contributed by atoms with Gasteiger partial charge in [0.05, 0.1) is 0 Å². The van der Waals surface area contributed by atoms with Gasteiger partial charge in [-0.25, -0.2) is 9.97 Å². The van der Waals surface area contributed by atoms with E-state index in [1.165, 1.54) is 35.8 Å². The highest BCUT2D eigenvalue weighted by atomic mass is 32.1. The number of fused-ring (bicyclic) bond motifs is 5. The van der Waals surface area contributed by atoms with E-state index in [9.17, 15) is 0 Å². The van der Waals surface area contributed by atoms with E-state index >= 15 is 0 Å². The standard InChI is InChI=1S/C24H14N2S2/c1-2-4-16(5-3-1)24-25-13-18(14-26-24)21-12-17-7-9-19-20(23(17)28-21)8-6-15-10-11-27-22(15)19/h1-14H. The van der Waals surface area contributed by atoms with Crippen LogP contribution in [0.15, 0.2) is 84.5 Å². The van der Waals surface area contributed by atoms with Crippen molar-refractivity contribution in [2.24, 2.45) is 0 Å². The third-order valence-corrected chi connectivity index (χ3v) is 7.26. The molecular formula is C24H14N2S2. The lowest BCUT2D eigenvalue weighted by Gasteiger charge is -2.01. The van der Waals surface area contributed by atoms with Gasteiger partial charge >= 0.3 is 0 Å². The topological polar surface area (TPSA) is 25.8 Å². The van der Waals surface area contributed by atoms with Gasteiger partial charge in [-0.1, -0.05) is 54.6 Å². The van der Waals surface area contributed by atoms with Gasteiger partial charge in [-0.3, -0.25) is 0 Å². The van der Waals surface area contributed by atoms with Crippen LogP contribution in [0.4, 0.5) is 0 Å². The summed E-state index contributed by atoms with van der Waals surface area (Å²) in [7, 11) is 0. The van der Waals surface area contributed by atoms with E-state index in [1.54, 1.807) is 0 Å². The van der Waals surface area contributed by atoms with Crippen LogP contribution in [0.25, 0.3) is 52.8 Å². The Hall–Kier alpha value is -3.08. The van der Waals surface area contributed by atoms with Crippen LogP contribution in [0.5, 0.6) is 0 Å². The molecular weight excluding hydrogens is 380 g/mol. The average Bonchev–Trinajstić information content (AvgIpc) is 3.41. The van der Waals surface area contributed by atoms with Crippen molar-refractivity contribution in [3.63, 3.8) is 0 Å². The van der Waals surface area contributed by atoms with Crippen LogP contribution >= 0.6 is 22.7 Å². The number of rotatable bonds is 2. The fraction of sp³-hybridized carbons (Fsp3) is 0. The number of aromatic nitrogens is 2. The maximum atomic E-state index is 4.59. The molecule has 0 saturated carbocycles. The van der Waals surface area contributed by atoms with Gasteiger partial charge in [-0.05, 0) is 28.3 Å². The zero-order valence-electron chi connectivity index (χ0n) is 14.8. The molecule has 0 aliphatic rings. The number of hydrogen-bond donors (Lipinski definition) is 0. The Kier molecular flexibility index (Phi) is 3.54. The Morgan fingerprint density at radius 2 is 1.39 bits per heavy atom. The van der Waals surface area contributed by atoms with Crippen molar-refractivity contribution in [2.75, 3.05) is 0 Å². The summed E-state index contributed by atoms with van der Waals surface area (Å²) in [5.74, 6) is 0.760. The SMILES string of the molecule is c1ccc(-c2ncc(-c3cc4ccc5c(ccc6ccsc65)c4s3)cn2)cc1. The summed E-state index contributed by atoms with van der Waals surface area (Å²) in [5, 5.41) is 7.42. The molecule has 28 heavy (non-hydrogen) atoms. The minimum Gasteiger partial charge on any atom is -0.236 e.